The number of nitrogens with zero attached hydrogens (tertiary/aromatic N) is 2. The first-order chi connectivity index (χ1) is 8.15. The summed E-state index contributed by atoms with van der Waals surface area (Å²) in [6.45, 7) is 0. The van der Waals surface area contributed by atoms with E-state index in [1.165, 1.54) is 11.8 Å². The van der Waals surface area contributed by atoms with Gasteiger partial charge in [-0.2, -0.15) is 4.98 Å². The number of benzene rings is 1. The predicted octanol–water partition coefficient (Wildman–Crippen LogP) is 0.778. The van der Waals surface area contributed by atoms with Crippen molar-refractivity contribution in [2.75, 3.05) is 5.73 Å². The standard InChI is InChI=1S/C10H11N5OS/c11-8(16)7-3-1-2-6(4-7)5-17-10-13-9(12)14-15-10/h1-4H,5H2,(H2,11,16)(H3,12,13,14,15). The Morgan fingerprint density at radius 3 is 2.94 bits per heavy atom. The van der Waals surface area contributed by atoms with Crippen LogP contribution < -0.4 is 11.5 Å². The van der Waals surface area contributed by atoms with Gasteiger partial charge in [-0.15, -0.1) is 5.10 Å². The topological polar surface area (TPSA) is 111 Å². The van der Waals surface area contributed by atoms with Gasteiger partial charge < -0.3 is 11.5 Å². The van der Waals surface area contributed by atoms with E-state index < -0.39 is 5.91 Å². The second-order valence-corrected chi connectivity index (χ2v) is 4.30. The summed E-state index contributed by atoms with van der Waals surface area (Å²) in [6.07, 6.45) is 0. The maximum atomic E-state index is 11.0. The van der Waals surface area contributed by atoms with Crippen LogP contribution in [-0.2, 0) is 5.75 Å². The summed E-state index contributed by atoms with van der Waals surface area (Å²) >= 11 is 1.43. The van der Waals surface area contributed by atoms with Crippen molar-refractivity contribution < 1.29 is 4.79 Å². The fourth-order valence-electron chi connectivity index (χ4n) is 1.28. The zero-order valence-corrected chi connectivity index (χ0v) is 9.70. The molecule has 1 heterocycles. The first-order valence-corrected chi connectivity index (χ1v) is 5.83. The molecule has 6 nitrogen and oxygen atoms in total. The van der Waals surface area contributed by atoms with E-state index in [1.54, 1.807) is 18.2 Å². The molecule has 7 heteroatoms. The lowest BCUT2D eigenvalue weighted by Crippen LogP contribution is -2.10. The Labute approximate surface area is 102 Å². The highest BCUT2D eigenvalue weighted by molar-refractivity contribution is 7.98. The number of hydrogen-bond acceptors (Lipinski definition) is 5. The van der Waals surface area contributed by atoms with Crippen molar-refractivity contribution in [3.63, 3.8) is 0 Å². The van der Waals surface area contributed by atoms with Crippen LogP contribution in [0, 0.1) is 0 Å². The van der Waals surface area contributed by atoms with Crippen LogP contribution in [-0.4, -0.2) is 21.1 Å². The third-order valence-electron chi connectivity index (χ3n) is 2.06. The summed E-state index contributed by atoms with van der Waals surface area (Å²) in [5.41, 5.74) is 12.1. The van der Waals surface area contributed by atoms with Crippen molar-refractivity contribution >= 4 is 23.6 Å². The summed E-state index contributed by atoms with van der Waals surface area (Å²) in [4.78, 5) is 15.0. The molecule has 0 aliphatic carbocycles. The summed E-state index contributed by atoms with van der Waals surface area (Å²) in [5.74, 6) is 0.510. The molecule has 1 aromatic heterocycles. The van der Waals surface area contributed by atoms with E-state index >= 15 is 0 Å². The van der Waals surface area contributed by atoms with Crippen molar-refractivity contribution in [1.82, 2.24) is 15.2 Å². The molecular weight excluding hydrogens is 238 g/mol. The van der Waals surface area contributed by atoms with Crippen LogP contribution in [0.4, 0.5) is 5.95 Å². The third kappa shape index (κ3) is 2.97. The van der Waals surface area contributed by atoms with Crippen LogP contribution in [0.5, 0.6) is 0 Å². The number of nitrogen functional groups attached to an aromatic ring is 1. The molecule has 0 fully saturated rings. The van der Waals surface area contributed by atoms with Crippen LogP contribution in [0.25, 0.3) is 0 Å². The Balaban J connectivity index is 2.04. The number of nitrogens with two attached hydrogens (primary N) is 2. The first-order valence-electron chi connectivity index (χ1n) is 4.84. The molecule has 0 spiro atoms. The highest BCUT2D eigenvalue weighted by atomic mass is 32.2. The van der Waals surface area contributed by atoms with Crippen LogP contribution >= 0.6 is 11.8 Å². The average molecular weight is 249 g/mol. The fraction of sp³-hybridized carbons (Fsp3) is 0.100. The van der Waals surface area contributed by atoms with Gasteiger partial charge in [0.25, 0.3) is 0 Å². The highest BCUT2D eigenvalue weighted by Crippen LogP contribution is 2.19. The van der Waals surface area contributed by atoms with Gasteiger partial charge in [0.15, 0.2) is 0 Å². The number of anilines is 1. The monoisotopic (exact) mass is 249 g/mol. The number of aromatic amines is 1. The van der Waals surface area contributed by atoms with Gasteiger partial charge in [-0.05, 0) is 17.7 Å². The summed E-state index contributed by atoms with van der Waals surface area (Å²) < 4.78 is 0. The Morgan fingerprint density at radius 2 is 2.29 bits per heavy atom. The molecule has 2 rings (SSSR count). The molecule has 5 N–H and O–H groups in total. The van der Waals surface area contributed by atoms with Gasteiger partial charge in [0.2, 0.25) is 17.0 Å². The molecule has 1 aromatic carbocycles. The van der Waals surface area contributed by atoms with Crippen LogP contribution in [0.2, 0.25) is 0 Å². The largest absolute Gasteiger partial charge is 0.368 e. The molecule has 0 radical (unpaired) electrons. The Kier molecular flexibility index (Phi) is 3.29. The fourth-order valence-corrected chi connectivity index (χ4v) is 2.03. The van der Waals surface area contributed by atoms with Gasteiger partial charge >= 0.3 is 0 Å². The molecule has 0 aliphatic heterocycles. The molecule has 0 saturated heterocycles. The minimum absolute atomic E-state index is 0.290. The normalized spacial score (nSPS) is 10.4. The lowest BCUT2D eigenvalue weighted by Gasteiger charge is -2.00. The van der Waals surface area contributed by atoms with Crippen LogP contribution in [0.15, 0.2) is 29.4 Å². The second-order valence-electron chi connectivity index (χ2n) is 3.36. The number of carbonyl (C=O) groups is 1. The van der Waals surface area contributed by atoms with Crippen molar-refractivity contribution in [3.05, 3.63) is 35.4 Å². The number of primary amides is 1. The molecule has 0 aliphatic rings. The van der Waals surface area contributed by atoms with E-state index in [1.807, 2.05) is 6.07 Å². The Hall–Kier alpha value is -2.02. The number of aromatic nitrogens is 3. The highest BCUT2D eigenvalue weighted by Gasteiger charge is 2.04. The zero-order chi connectivity index (χ0) is 12.3. The lowest BCUT2D eigenvalue weighted by molar-refractivity contribution is 0.1000. The molecule has 17 heavy (non-hydrogen) atoms. The maximum Gasteiger partial charge on any atom is 0.248 e. The van der Waals surface area contributed by atoms with Gasteiger partial charge in [0.1, 0.15) is 0 Å². The molecule has 0 atom stereocenters. The molecule has 88 valence electrons. The van der Waals surface area contributed by atoms with Crippen molar-refractivity contribution in [2.45, 2.75) is 10.9 Å². The van der Waals surface area contributed by atoms with Crippen molar-refractivity contribution in [2.24, 2.45) is 5.73 Å². The van der Waals surface area contributed by atoms with Gasteiger partial charge in [-0.1, -0.05) is 23.9 Å². The molecular formula is C10H11N5OS. The molecule has 2 aromatic rings. The minimum Gasteiger partial charge on any atom is -0.368 e. The molecule has 1 amide bonds. The average Bonchev–Trinajstić information content (AvgIpc) is 2.73. The number of amides is 1. The number of H-pyrrole nitrogens is 1. The molecule has 0 unspecified atom stereocenters. The number of nitrogens with one attached hydrogen (secondary N) is 1. The SMILES string of the molecule is NC(=O)c1cccc(CSc2n[nH]c(N)n2)c1. The minimum atomic E-state index is -0.431. The number of hydrogen-bond donors (Lipinski definition) is 3. The smallest absolute Gasteiger partial charge is 0.248 e. The molecule has 0 bridgehead atoms. The van der Waals surface area contributed by atoms with E-state index in [0.717, 1.165) is 5.56 Å². The van der Waals surface area contributed by atoms with E-state index in [2.05, 4.69) is 15.2 Å². The van der Waals surface area contributed by atoms with E-state index in [0.29, 0.717) is 22.4 Å². The quantitative estimate of drug-likeness (QED) is 0.693. The predicted molar refractivity (Wildman–Crippen MR) is 65.3 cm³/mol. The van der Waals surface area contributed by atoms with Crippen LogP contribution in [0.1, 0.15) is 15.9 Å². The zero-order valence-electron chi connectivity index (χ0n) is 8.88. The number of carbonyl (C=O) groups excluding carboxylic acids is 1. The van der Waals surface area contributed by atoms with Crippen molar-refractivity contribution in [1.29, 1.82) is 0 Å². The summed E-state index contributed by atoms with van der Waals surface area (Å²) in [5, 5.41) is 7.03. The Bertz CT molecular complexity index is 539. The van der Waals surface area contributed by atoms with Gasteiger partial charge in [0.05, 0.1) is 0 Å². The second kappa shape index (κ2) is 4.88. The van der Waals surface area contributed by atoms with E-state index in [9.17, 15) is 4.79 Å². The van der Waals surface area contributed by atoms with Gasteiger partial charge in [-0.25, -0.2) is 5.10 Å². The third-order valence-corrected chi connectivity index (χ3v) is 2.98. The molecule has 0 saturated carbocycles. The maximum absolute atomic E-state index is 11.0. The number of thioether (sulfide) groups is 1. The Morgan fingerprint density at radius 1 is 1.47 bits per heavy atom. The lowest BCUT2D eigenvalue weighted by atomic mass is 10.1. The summed E-state index contributed by atoms with van der Waals surface area (Å²) in [6, 6.07) is 7.14. The van der Waals surface area contributed by atoms with E-state index in [-0.39, 0.29) is 0 Å². The first kappa shape index (κ1) is 11.5. The van der Waals surface area contributed by atoms with Crippen LogP contribution in [0.3, 0.4) is 0 Å². The summed E-state index contributed by atoms with van der Waals surface area (Å²) in [7, 11) is 0. The van der Waals surface area contributed by atoms with Gasteiger partial charge in [0, 0.05) is 11.3 Å². The van der Waals surface area contributed by atoms with Gasteiger partial charge in [-0.3, -0.25) is 4.79 Å². The van der Waals surface area contributed by atoms with Crippen molar-refractivity contribution in [3.8, 4) is 0 Å². The number of rotatable bonds is 4. The van der Waals surface area contributed by atoms with E-state index in [4.69, 9.17) is 11.5 Å².